The highest BCUT2D eigenvalue weighted by Crippen LogP contribution is 2.37. The van der Waals surface area contributed by atoms with Gasteiger partial charge in [-0.2, -0.15) is 0 Å². The molecule has 0 radical (unpaired) electrons. The van der Waals surface area contributed by atoms with Gasteiger partial charge in [-0.15, -0.1) is 0 Å². The number of carbonyl (C=O) groups is 2. The first-order valence-electron chi connectivity index (χ1n) is 6.15. The smallest absolute Gasteiger partial charge is 0.242 e. The highest BCUT2D eigenvalue weighted by molar-refractivity contribution is 7.80. The zero-order valence-corrected chi connectivity index (χ0v) is 11.4. The Kier molecular flexibility index (Phi) is 4.62. The van der Waals surface area contributed by atoms with E-state index >= 15 is 0 Å². The van der Waals surface area contributed by atoms with Crippen molar-refractivity contribution < 1.29 is 9.59 Å². The molecule has 0 spiro atoms. The first-order valence-corrected chi connectivity index (χ1v) is 6.56. The molecule has 0 saturated carbocycles. The van der Waals surface area contributed by atoms with Crippen molar-refractivity contribution in [2.45, 2.75) is 46.5 Å². The number of amides is 2. The topological polar surface area (TPSA) is 58.2 Å². The third-order valence-electron chi connectivity index (χ3n) is 3.64. The predicted molar refractivity (Wildman–Crippen MR) is 70.3 cm³/mol. The molecule has 2 N–H and O–H groups in total. The van der Waals surface area contributed by atoms with E-state index in [1.54, 1.807) is 0 Å². The summed E-state index contributed by atoms with van der Waals surface area (Å²) in [5.41, 5.74) is -0.951. The van der Waals surface area contributed by atoms with Gasteiger partial charge in [0.05, 0.1) is 0 Å². The molecule has 5 heteroatoms. The van der Waals surface area contributed by atoms with Crippen LogP contribution in [0.1, 0.15) is 46.5 Å². The van der Waals surface area contributed by atoms with Crippen LogP contribution < -0.4 is 10.6 Å². The van der Waals surface area contributed by atoms with Gasteiger partial charge in [0, 0.05) is 0 Å². The molecule has 0 unspecified atom stereocenters. The minimum absolute atomic E-state index is 0.0112. The van der Waals surface area contributed by atoms with Crippen LogP contribution in [0.2, 0.25) is 0 Å². The van der Waals surface area contributed by atoms with E-state index in [9.17, 15) is 9.59 Å². The van der Waals surface area contributed by atoms with Crippen LogP contribution in [0.15, 0.2) is 0 Å². The van der Waals surface area contributed by atoms with Crippen molar-refractivity contribution in [2.24, 2.45) is 11.3 Å². The number of unbranched alkanes of at least 4 members (excludes halogenated alkanes) is 1. The second kappa shape index (κ2) is 5.58. The van der Waals surface area contributed by atoms with Crippen molar-refractivity contribution in [2.75, 3.05) is 0 Å². The number of rotatable bonds is 5. The van der Waals surface area contributed by atoms with Gasteiger partial charge in [0.1, 0.15) is 5.41 Å². The Morgan fingerprint density at radius 3 is 2.18 bits per heavy atom. The maximum Gasteiger partial charge on any atom is 0.242 e. The van der Waals surface area contributed by atoms with E-state index in [0.717, 1.165) is 19.3 Å². The summed E-state index contributed by atoms with van der Waals surface area (Å²) in [4.78, 5) is 24.4. The summed E-state index contributed by atoms with van der Waals surface area (Å²) in [5.74, 6) is -0.472. The van der Waals surface area contributed by atoms with Gasteiger partial charge in [0.25, 0.3) is 0 Å². The van der Waals surface area contributed by atoms with Crippen LogP contribution in [0.25, 0.3) is 0 Å². The quantitative estimate of drug-likeness (QED) is 0.582. The molecular weight excluding hydrogens is 236 g/mol. The minimum atomic E-state index is -0.951. The molecule has 1 aliphatic rings. The summed E-state index contributed by atoms with van der Waals surface area (Å²) in [7, 11) is 0. The number of thiocarbonyl (C=S) groups is 1. The Hall–Kier alpha value is -0.970. The largest absolute Gasteiger partial charge is 0.302 e. The zero-order valence-electron chi connectivity index (χ0n) is 10.6. The molecule has 1 aliphatic heterocycles. The lowest BCUT2D eigenvalue weighted by Gasteiger charge is -2.39. The fourth-order valence-electron chi connectivity index (χ4n) is 2.29. The lowest BCUT2D eigenvalue weighted by Crippen LogP contribution is -2.64. The molecule has 0 aromatic rings. The molecule has 1 heterocycles. The minimum Gasteiger partial charge on any atom is -0.302 e. The standard InChI is InChI=1S/C12H20N2O2S/c1-4-6-7-12(8(3)5-2)9(15)13-11(17)14-10(12)16/h8H,4-7H2,1-3H3,(H2,13,14,15,16,17)/t8-/m0/s1. The lowest BCUT2D eigenvalue weighted by atomic mass is 9.69. The van der Waals surface area contributed by atoms with Gasteiger partial charge in [0.15, 0.2) is 5.11 Å². The van der Waals surface area contributed by atoms with E-state index < -0.39 is 5.41 Å². The van der Waals surface area contributed by atoms with Crippen LogP contribution >= 0.6 is 12.2 Å². The molecule has 1 saturated heterocycles. The van der Waals surface area contributed by atoms with Crippen LogP contribution in [0.3, 0.4) is 0 Å². The summed E-state index contributed by atoms with van der Waals surface area (Å²) in [6.45, 7) is 5.99. The van der Waals surface area contributed by atoms with Gasteiger partial charge in [-0.1, -0.05) is 40.0 Å². The van der Waals surface area contributed by atoms with Crippen LogP contribution in [0.5, 0.6) is 0 Å². The van der Waals surface area contributed by atoms with E-state index in [0.29, 0.717) is 6.42 Å². The molecular formula is C12H20N2O2S. The Bertz CT molecular complexity index is 321. The SMILES string of the molecule is CCCCC1([C@@H](C)CC)C(=O)NC(=S)NC1=O. The van der Waals surface area contributed by atoms with Crippen molar-refractivity contribution in [3.63, 3.8) is 0 Å². The van der Waals surface area contributed by atoms with Gasteiger partial charge < -0.3 is 10.6 Å². The number of nitrogens with one attached hydrogen (secondary N) is 2. The predicted octanol–water partition coefficient (Wildman–Crippen LogP) is 1.74. The van der Waals surface area contributed by atoms with Crippen LogP contribution in [-0.2, 0) is 9.59 Å². The lowest BCUT2D eigenvalue weighted by molar-refractivity contribution is -0.148. The Balaban J connectivity index is 3.06. The van der Waals surface area contributed by atoms with E-state index in [2.05, 4.69) is 10.6 Å². The first kappa shape index (κ1) is 14.1. The summed E-state index contributed by atoms with van der Waals surface area (Å²) >= 11 is 4.83. The summed E-state index contributed by atoms with van der Waals surface area (Å²) < 4.78 is 0. The van der Waals surface area contributed by atoms with E-state index in [1.165, 1.54) is 0 Å². The molecule has 4 nitrogen and oxygen atoms in total. The van der Waals surface area contributed by atoms with Crippen molar-refractivity contribution in [1.82, 2.24) is 10.6 Å². The molecule has 0 aliphatic carbocycles. The molecule has 96 valence electrons. The van der Waals surface area contributed by atoms with E-state index in [1.807, 2.05) is 20.8 Å². The molecule has 0 bridgehead atoms. The second-order valence-electron chi connectivity index (χ2n) is 4.62. The molecule has 0 aromatic heterocycles. The van der Waals surface area contributed by atoms with Gasteiger partial charge in [-0.05, 0) is 24.6 Å². The third-order valence-corrected chi connectivity index (χ3v) is 3.85. The summed E-state index contributed by atoms with van der Waals surface area (Å²) in [5, 5.41) is 5.29. The maximum absolute atomic E-state index is 12.2. The van der Waals surface area contributed by atoms with Crippen molar-refractivity contribution in [1.29, 1.82) is 0 Å². The van der Waals surface area contributed by atoms with Crippen LogP contribution in [0.4, 0.5) is 0 Å². The molecule has 1 rings (SSSR count). The first-order chi connectivity index (χ1) is 7.98. The second-order valence-corrected chi connectivity index (χ2v) is 5.03. The van der Waals surface area contributed by atoms with Gasteiger partial charge in [-0.3, -0.25) is 9.59 Å². The van der Waals surface area contributed by atoms with Crippen molar-refractivity contribution in [3.8, 4) is 0 Å². The number of hydrogen-bond acceptors (Lipinski definition) is 3. The number of carbonyl (C=O) groups excluding carboxylic acids is 2. The normalized spacial score (nSPS) is 20.8. The monoisotopic (exact) mass is 256 g/mol. The molecule has 17 heavy (non-hydrogen) atoms. The highest BCUT2D eigenvalue weighted by Gasteiger charge is 2.51. The van der Waals surface area contributed by atoms with Gasteiger partial charge in [0.2, 0.25) is 11.8 Å². The Morgan fingerprint density at radius 1 is 1.24 bits per heavy atom. The average Bonchev–Trinajstić information content (AvgIpc) is 2.27. The summed E-state index contributed by atoms with van der Waals surface area (Å²) in [6, 6.07) is 0. The molecule has 1 fully saturated rings. The van der Waals surface area contributed by atoms with Gasteiger partial charge in [-0.25, -0.2) is 0 Å². The number of hydrogen-bond donors (Lipinski definition) is 2. The van der Waals surface area contributed by atoms with Gasteiger partial charge >= 0.3 is 0 Å². The van der Waals surface area contributed by atoms with E-state index in [-0.39, 0.29) is 22.8 Å². The molecule has 2 amide bonds. The van der Waals surface area contributed by atoms with Crippen LogP contribution in [0, 0.1) is 11.3 Å². The average molecular weight is 256 g/mol. The highest BCUT2D eigenvalue weighted by atomic mass is 32.1. The van der Waals surface area contributed by atoms with Crippen molar-refractivity contribution in [3.05, 3.63) is 0 Å². The summed E-state index contributed by atoms with van der Waals surface area (Å²) in [6.07, 6.45) is 3.19. The fraction of sp³-hybridized carbons (Fsp3) is 0.750. The Morgan fingerprint density at radius 2 is 1.76 bits per heavy atom. The van der Waals surface area contributed by atoms with Crippen molar-refractivity contribution >= 4 is 29.1 Å². The molecule has 1 atom stereocenters. The zero-order chi connectivity index (χ0) is 13.1. The Labute approximate surface area is 108 Å². The fourth-order valence-corrected chi connectivity index (χ4v) is 2.47. The van der Waals surface area contributed by atoms with E-state index in [4.69, 9.17) is 12.2 Å². The molecule has 0 aromatic carbocycles. The van der Waals surface area contributed by atoms with Crippen LogP contribution in [-0.4, -0.2) is 16.9 Å². The third kappa shape index (κ3) is 2.49. The maximum atomic E-state index is 12.2.